The number of ketones is 1. The Morgan fingerprint density at radius 1 is 1.28 bits per heavy atom. The van der Waals surface area contributed by atoms with E-state index in [9.17, 15) is 9.18 Å². The number of halogens is 2. The van der Waals surface area contributed by atoms with Crippen LogP contribution in [0.2, 0.25) is 0 Å². The van der Waals surface area contributed by atoms with Crippen LogP contribution in [0.1, 0.15) is 27.0 Å². The first-order valence-electron chi connectivity index (χ1n) is 5.66. The van der Waals surface area contributed by atoms with Crippen molar-refractivity contribution in [1.82, 2.24) is 0 Å². The van der Waals surface area contributed by atoms with Crippen molar-refractivity contribution in [2.24, 2.45) is 0 Å². The molecular formula is C14H12BrFOS. The van der Waals surface area contributed by atoms with E-state index in [1.54, 1.807) is 17.4 Å². The average molecular weight is 327 g/mol. The molecule has 2 aromatic rings. The fourth-order valence-electron chi connectivity index (χ4n) is 1.67. The molecular weight excluding hydrogens is 315 g/mol. The van der Waals surface area contributed by atoms with Crippen LogP contribution in [0.5, 0.6) is 0 Å². The third-order valence-corrected chi connectivity index (χ3v) is 4.35. The predicted octanol–water partition coefficient (Wildman–Crippen LogP) is 4.64. The number of aryl methyl sites for hydroxylation is 1. The number of thiophene rings is 1. The van der Waals surface area contributed by atoms with E-state index in [1.807, 2.05) is 12.1 Å². The molecule has 0 saturated carbocycles. The van der Waals surface area contributed by atoms with Crippen LogP contribution in [0.4, 0.5) is 4.39 Å². The summed E-state index contributed by atoms with van der Waals surface area (Å²) >= 11 is 4.86. The molecule has 1 aromatic heterocycles. The van der Waals surface area contributed by atoms with Crippen LogP contribution in [-0.2, 0) is 12.8 Å². The second-order valence-corrected chi connectivity index (χ2v) is 6.11. The highest BCUT2D eigenvalue weighted by atomic mass is 79.9. The van der Waals surface area contributed by atoms with Gasteiger partial charge in [0.25, 0.3) is 0 Å². The molecule has 1 aromatic carbocycles. The quantitative estimate of drug-likeness (QED) is 0.748. The largest absolute Gasteiger partial charge is 0.294 e. The van der Waals surface area contributed by atoms with Gasteiger partial charge in [0.15, 0.2) is 5.78 Å². The molecule has 18 heavy (non-hydrogen) atoms. The minimum atomic E-state index is -0.463. The van der Waals surface area contributed by atoms with Gasteiger partial charge in [-0.05, 0) is 36.8 Å². The molecule has 4 heteroatoms. The Balaban J connectivity index is 2.19. The molecule has 0 aliphatic carbocycles. The van der Waals surface area contributed by atoms with Gasteiger partial charge >= 0.3 is 0 Å². The Hall–Kier alpha value is -1.00. The lowest BCUT2D eigenvalue weighted by Gasteiger charge is -2.02. The first-order chi connectivity index (χ1) is 8.60. The maximum absolute atomic E-state index is 13.6. The number of Topliss-reactive ketones (excluding diaryl/α,β-unsaturated/α-hetero) is 1. The third-order valence-electron chi connectivity index (χ3n) is 2.63. The fourth-order valence-corrected chi connectivity index (χ4v) is 2.99. The summed E-state index contributed by atoms with van der Waals surface area (Å²) in [5.74, 6) is -0.645. The number of hydrogen-bond donors (Lipinski definition) is 0. The van der Waals surface area contributed by atoms with Crippen molar-refractivity contribution in [1.29, 1.82) is 0 Å². The van der Waals surface area contributed by atoms with Crippen LogP contribution < -0.4 is 0 Å². The molecule has 0 amide bonds. The highest BCUT2D eigenvalue weighted by molar-refractivity contribution is 9.10. The molecule has 0 aliphatic heterocycles. The Kier molecular flexibility index (Phi) is 4.30. The molecule has 0 saturated heterocycles. The molecule has 0 N–H and O–H groups in total. The van der Waals surface area contributed by atoms with Crippen LogP contribution in [0.15, 0.2) is 34.8 Å². The van der Waals surface area contributed by atoms with Crippen LogP contribution in [0.3, 0.4) is 0 Å². The lowest BCUT2D eigenvalue weighted by molar-refractivity contribution is 0.0990. The molecule has 0 fully saturated rings. The highest BCUT2D eigenvalue weighted by Gasteiger charge is 2.13. The number of carbonyl (C=O) groups excluding carboxylic acids is 1. The van der Waals surface area contributed by atoms with Gasteiger partial charge in [0.2, 0.25) is 0 Å². The van der Waals surface area contributed by atoms with Crippen molar-refractivity contribution in [3.05, 3.63) is 55.9 Å². The minimum Gasteiger partial charge on any atom is -0.294 e. The molecule has 94 valence electrons. The molecule has 0 radical (unpaired) electrons. The smallest absolute Gasteiger partial charge is 0.171 e. The van der Waals surface area contributed by atoms with Crippen molar-refractivity contribution >= 4 is 33.0 Å². The van der Waals surface area contributed by atoms with Crippen LogP contribution in [0.25, 0.3) is 0 Å². The van der Waals surface area contributed by atoms with E-state index >= 15 is 0 Å². The summed E-state index contributed by atoms with van der Waals surface area (Å²) in [6, 6.07) is 8.39. The molecule has 1 nitrogen and oxygen atoms in total. The number of hydrogen-bond acceptors (Lipinski definition) is 2. The maximum atomic E-state index is 13.6. The van der Waals surface area contributed by atoms with E-state index in [4.69, 9.17) is 0 Å². The molecule has 0 atom stereocenters. The van der Waals surface area contributed by atoms with Gasteiger partial charge in [-0.3, -0.25) is 4.79 Å². The first-order valence-corrected chi connectivity index (χ1v) is 7.27. The number of benzene rings is 1. The van der Waals surface area contributed by atoms with Crippen molar-refractivity contribution in [2.75, 3.05) is 0 Å². The van der Waals surface area contributed by atoms with Crippen LogP contribution in [0, 0.1) is 5.82 Å². The van der Waals surface area contributed by atoms with Gasteiger partial charge in [-0.25, -0.2) is 4.39 Å². The van der Waals surface area contributed by atoms with Gasteiger partial charge < -0.3 is 0 Å². The standard InChI is InChI=1S/C14H12BrFOS/c1-2-10-4-5-11(18-10)8-14(17)12-7-9(15)3-6-13(12)16/h3-7H,2,8H2,1H3. The summed E-state index contributed by atoms with van der Waals surface area (Å²) in [6.07, 6.45) is 1.22. The van der Waals surface area contributed by atoms with Crippen molar-refractivity contribution in [3.63, 3.8) is 0 Å². The van der Waals surface area contributed by atoms with Gasteiger partial charge in [-0.15, -0.1) is 11.3 Å². The van der Waals surface area contributed by atoms with E-state index in [0.29, 0.717) is 4.47 Å². The summed E-state index contributed by atoms with van der Waals surface area (Å²) in [6.45, 7) is 2.07. The van der Waals surface area contributed by atoms with E-state index in [1.165, 1.54) is 17.0 Å². The molecule has 1 heterocycles. The topological polar surface area (TPSA) is 17.1 Å². The van der Waals surface area contributed by atoms with Gasteiger partial charge in [0, 0.05) is 20.6 Å². The van der Waals surface area contributed by atoms with E-state index < -0.39 is 5.82 Å². The number of rotatable bonds is 4. The Morgan fingerprint density at radius 3 is 2.67 bits per heavy atom. The predicted molar refractivity (Wildman–Crippen MR) is 75.8 cm³/mol. The summed E-state index contributed by atoms with van der Waals surface area (Å²) in [5, 5.41) is 0. The lowest BCUT2D eigenvalue weighted by atomic mass is 10.1. The molecule has 0 spiro atoms. The van der Waals surface area contributed by atoms with Gasteiger partial charge in [0.05, 0.1) is 5.56 Å². The summed E-state index contributed by atoms with van der Waals surface area (Å²) < 4.78 is 14.3. The lowest BCUT2D eigenvalue weighted by Crippen LogP contribution is -2.05. The fraction of sp³-hybridized carbons (Fsp3) is 0.214. The SMILES string of the molecule is CCc1ccc(CC(=O)c2cc(Br)ccc2F)s1. The number of carbonyl (C=O) groups is 1. The van der Waals surface area contributed by atoms with Crippen molar-refractivity contribution in [3.8, 4) is 0 Å². The zero-order valence-corrected chi connectivity index (χ0v) is 12.3. The van der Waals surface area contributed by atoms with E-state index in [-0.39, 0.29) is 17.8 Å². The maximum Gasteiger partial charge on any atom is 0.171 e. The van der Waals surface area contributed by atoms with Gasteiger partial charge in [-0.1, -0.05) is 22.9 Å². The Morgan fingerprint density at radius 2 is 2.00 bits per heavy atom. The van der Waals surface area contributed by atoms with Crippen LogP contribution in [-0.4, -0.2) is 5.78 Å². The Labute approximate surface area is 118 Å². The second kappa shape index (κ2) is 5.76. The summed E-state index contributed by atoms with van der Waals surface area (Å²) in [7, 11) is 0. The minimum absolute atomic E-state index is 0.149. The zero-order chi connectivity index (χ0) is 13.1. The first kappa shape index (κ1) is 13.4. The van der Waals surface area contributed by atoms with Crippen molar-refractivity contribution < 1.29 is 9.18 Å². The van der Waals surface area contributed by atoms with Gasteiger partial charge in [0.1, 0.15) is 5.82 Å². The summed E-state index contributed by atoms with van der Waals surface area (Å²) in [4.78, 5) is 14.3. The molecule has 2 rings (SSSR count). The van der Waals surface area contributed by atoms with Crippen LogP contribution >= 0.6 is 27.3 Å². The average Bonchev–Trinajstić information content (AvgIpc) is 2.80. The molecule has 0 aliphatic rings. The van der Waals surface area contributed by atoms with Gasteiger partial charge in [-0.2, -0.15) is 0 Å². The van der Waals surface area contributed by atoms with E-state index in [0.717, 1.165) is 11.3 Å². The Bertz CT molecular complexity index is 577. The molecule has 0 unspecified atom stereocenters. The van der Waals surface area contributed by atoms with Crippen molar-refractivity contribution in [2.45, 2.75) is 19.8 Å². The summed E-state index contributed by atoms with van der Waals surface area (Å²) in [5.41, 5.74) is 0.149. The monoisotopic (exact) mass is 326 g/mol. The third kappa shape index (κ3) is 3.06. The van der Waals surface area contributed by atoms with E-state index in [2.05, 4.69) is 22.9 Å². The highest BCUT2D eigenvalue weighted by Crippen LogP contribution is 2.21. The second-order valence-electron chi connectivity index (χ2n) is 3.95. The molecule has 0 bridgehead atoms. The zero-order valence-electron chi connectivity index (χ0n) is 9.87. The normalized spacial score (nSPS) is 10.6.